The second-order valence-corrected chi connectivity index (χ2v) is 6.45. The summed E-state index contributed by atoms with van der Waals surface area (Å²) >= 11 is 7.50. The van der Waals surface area contributed by atoms with Crippen LogP contribution in [0.15, 0.2) is 18.2 Å². The molecule has 0 saturated carbocycles. The van der Waals surface area contributed by atoms with Gasteiger partial charge >= 0.3 is 0 Å². The van der Waals surface area contributed by atoms with Gasteiger partial charge in [0.25, 0.3) is 0 Å². The minimum Gasteiger partial charge on any atom is -0.373 e. The van der Waals surface area contributed by atoms with Gasteiger partial charge in [-0.2, -0.15) is 0 Å². The lowest BCUT2D eigenvalue weighted by molar-refractivity contribution is -0.121. The van der Waals surface area contributed by atoms with Crippen molar-refractivity contribution < 1.29 is 4.79 Å². The molecular formula is C14H15ClN4OS. The highest BCUT2D eigenvalue weighted by molar-refractivity contribution is 7.11. The fourth-order valence-electron chi connectivity index (χ4n) is 2.28. The Balaban J connectivity index is 1.57. The number of hydrogen-bond donors (Lipinski definition) is 2. The highest BCUT2D eigenvalue weighted by atomic mass is 35.5. The van der Waals surface area contributed by atoms with Crippen LogP contribution in [0, 0.1) is 0 Å². The summed E-state index contributed by atoms with van der Waals surface area (Å²) < 4.78 is 0. The van der Waals surface area contributed by atoms with E-state index in [4.69, 9.17) is 11.6 Å². The van der Waals surface area contributed by atoms with Crippen molar-refractivity contribution in [3.63, 3.8) is 0 Å². The van der Waals surface area contributed by atoms with E-state index in [1.54, 1.807) is 0 Å². The number of nitrogens with zero attached hydrogens (tertiary/aromatic N) is 2. The van der Waals surface area contributed by atoms with E-state index in [0.29, 0.717) is 18.0 Å². The van der Waals surface area contributed by atoms with Crippen LogP contribution in [-0.2, 0) is 24.2 Å². The van der Waals surface area contributed by atoms with E-state index >= 15 is 0 Å². The number of halogens is 1. The van der Waals surface area contributed by atoms with E-state index in [9.17, 15) is 4.79 Å². The van der Waals surface area contributed by atoms with Gasteiger partial charge in [-0.15, -0.1) is 10.2 Å². The molecule has 0 fully saturated rings. The Morgan fingerprint density at radius 3 is 3.05 bits per heavy atom. The number of hydrogen-bond acceptors (Lipinski definition) is 5. The van der Waals surface area contributed by atoms with Crippen LogP contribution < -0.4 is 10.6 Å². The molecule has 2 N–H and O–H groups in total. The summed E-state index contributed by atoms with van der Waals surface area (Å²) in [7, 11) is 0. The Bertz CT molecular complexity index is 673. The van der Waals surface area contributed by atoms with Crippen LogP contribution >= 0.6 is 22.9 Å². The molecule has 5 nitrogen and oxygen atoms in total. The topological polar surface area (TPSA) is 66.9 Å². The van der Waals surface area contributed by atoms with Crippen LogP contribution in [0.5, 0.6) is 0 Å². The molecule has 21 heavy (non-hydrogen) atoms. The number of aryl methyl sites for hydroxylation is 1. The van der Waals surface area contributed by atoms with Gasteiger partial charge in [0.05, 0.1) is 6.54 Å². The molecule has 0 radical (unpaired) electrons. The maximum Gasteiger partial charge on any atom is 0.243 e. The number of carbonyl (C=O) groups excluding carboxylic acids is 1. The van der Waals surface area contributed by atoms with E-state index in [0.717, 1.165) is 27.7 Å². The predicted octanol–water partition coefficient (Wildman–Crippen LogP) is 2.41. The summed E-state index contributed by atoms with van der Waals surface area (Å²) in [4.78, 5) is 12.2. The van der Waals surface area contributed by atoms with Gasteiger partial charge in [-0.1, -0.05) is 29.9 Å². The number of rotatable bonds is 4. The van der Waals surface area contributed by atoms with E-state index in [1.807, 2.05) is 25.1 Å². The molecule has 0 saturated heterocycles. The van der Waals surface area contributed by atoms with Gasteiger partial charge in [-0.25, -0.2) is 0 Å². The van der Waals surface area contributed by atoms with Crippen LogP contribution in [0.2, 0.25) is 5.02 Å². The van der Waals surface area contributed by atoms with Gasteiger partial charge in [0.15, 0.2) is 0 Å². The number of aromatic nitrogens is 2. The summed E-state index contributed by atoms with van der Waals surface area (Å²) in [6.45, 7) is 2.46. The average molecular weight is 323 g/mol. The highest BCUT2D eigenvalue weighted by Crippen LogP contribution is 2.28. The molecule has 3 rings (SSSR count). The highest BCUT2D eigenvalue weighted by Gasteiger charge is 2.26. The molecular weight excluding hydrogens is 308 g/mol. The average Bonchev–Trinajstić information content (AvgIpc) is 3.10. The number of fused-ring (bicyclic) bond motifs is 1. The van der Waals surface area contributed by atoms with Crippen LogP contribution in [-0.4, -0.2) is 22.1 Å². The Hall–Kier alpha value is -1.66. The van der Waals surface area contributed by atoms with Gasteiger partial charge in [0, 0.05) is 17.1 Å². The molecule has 1 aliphatic rings. The summed E-state index contributed by atoms with van der Waals surface area (Å²) in [5.74, 6) is -0.0319. The third-order valence-corrected chi connectivity index (χ3v) is 4.67. The Kier molecular flexibility index (Phi) is 4.07. The van der Waals surface area contributed by atoms with E-state index in [-0.39, 0.29) is 11.9 Å². The van der Waals surface area contributed by atoms with Crippen LogP contribution in [0.25, 0.3) is 0 Å². The lowest BCUT2D eigenvalue weighted by atomic mass is 10.1. The van der Waals surface area contributed by atoms with Crippen molar-refractivity contribution in [3.8, 4) is 0 Å². The molecule has 1 atom stereocenters. The van der Waals surface area contributed by atoms with Gasteiger partial charge in [-0.05, 0) is 30.2 Å². The quantitative estimate of drug-likeness (QED) is 0.907. The normalized spacial score (nSPS) is 16.4. The van der Waals surface area contributed by atoms with Crippen LogP contribution in [0.3, 0.4) is 0 Å². The zero-order valence-corrected chi connectivity index (χ0v) is 13.1. The minimum atomic E-state index is -0.253. The summed E-state index contributed by atoms with van der Waals surface area (Å²) in [5, 5.41) is 16.7. The molecule has 2 heterocycles. The predicted molar refractivity (Wildman–Crippen MR) is 83.7 cm³/mol. The lowest BCUT2D eigenvalue weighted by Crippen LogP contribution is -2.38. The maximum absolute atomic E-state index is 12.2. The number of carbonyl (C=O) groups is 1. The molecule has 110 valence electrons. The molecule has 7 heteroatoms. The van der Waals surface area contributed by atoms with Gasteiger partial charge in [0.1, 0.15) is 16.1 Å². The number of anilines is 1. The van der Waals surface area contributed by atoms with E-state index in [2.05, 4.69) is 20.8 Å². The number of benzene rings is 1. The smallest absolute Gasteiger partial charge is 0.243 e. The Morgan fingerprint density at radius 2 is 2.29 bits per heavy atom. The standard InChI is InChI=1S/C14H15ClN4OS/c1-2-12-18-19-13(21-12)7-16-14(20)11-6-8-5-9(15)3-4-10(8)17-11/h3-5,11,17H,2,6-7H2,1H3,(H,16,20)/t11-/m1/s1. The number of nitrogens with one attached hydrogen (secondary N) is 2. The van der Waals surface area contributed by atoms with Gasteiger partial charge < -0.3 is 10.6 Å². The first kappa shape index (κ1) is 14.3. The summed E-state index contributed by atoms with van der Waals surface area (Å²) in [5.41, 5.74) is 2.05. The van der Waals surface area contributed by atoms with E-state index < -0.39 is 0 Å². The fraction of sp³-hybridized carbons (Fsp3) is 0.357. The van der Waals surface area contributed by atoms with Gasteiger partial charge in [-0.3, -0.25) is 4.79 Å². The van der Waals surface area contributed by atoms with Crippen molar-refractivity contribution in [2.45, 2.75) is 32.4 Å². The van der Waals surface area contributed by atoms with E-state index in [1.165, 1.54) is 11.3 Å². The first-order chi connectivity index (χ1) is 10.2. The largest absolute Gasteiger partial charge is 0.373 e. The van der Waals surface area contributed by atoms with Crippen molar-refractivity contribution >= 4 is 34.5 Å². The van der Waals surface area contributed by atoms with Crippen LogP contribution in [0.4, 0.5) is 5.69 Å². The van der Waals surface area contributed by atoms with Crippen molar-refractivity contribution in [3.05, 3.63) is 38.8 Å². The van der Waals surface area contributed by atoms with Crippen molar-refractivity contribution in [1.82, 2.24) is 15.5 Å². The molecule has 0 spiro atoms. The molecule has 0 bridgehead atoms. The zero-order chi connectivity index (χ0) is 14.8. The second kappa shape index (κ2) is 5.99. The maximum atomic E-state index is 12.2. The monoisotopic (exact) mass is 322 g/mol. The first-order valence-corrected chi connectivity index (χ1v) is 7.99. The summed E-state index contributed by atoms with van der Waals surface area (Å²) in [6.07, 6.45) is 1.52. The molecule has 1 amide bonds. The molecule has 2 aromatic rings. The third-order valence-electron chi connectivity index (χ3n) is 3.36. The Labute approximate surface area is 131 Å². The molecule has 0 unspecified atom stereocenters. The SMILES string of the molecule is CCc1nnc(CNC(=O)[C@H]2Cc3cc(Cl)ccc3N2)s1. The third kappa shape index (κ3) is 3.16. The zero-order valence-electron chi connectivity index (χ0n) is 11.5. The molecule has 0 aliphatic carbocycles. The first-order valence-electron chi connectivity index (χ1n) is 6.79. The lowest BCUT2D eigenvalue weighted by Gasteiger charge is -2.10. The van der Waals surface area contributed by atoms with Crippen molar-refractivity contribution in [1.29, 1.82) is 0 Å². The minimum absolute atomic E-state index is 0.0319. The molecule has 1 aliphatic heterocycles. The molecule has 1 aromatic heterocycles. The van der Waals surface area contributed by atoms with Crippen molar-refractivity contribution in [2.75, 3.05) is 5.32 Å². The fourth-order valence-corrected chi connectivity index (χ4v) is 3.20. The van der Waals surface area contributed by atoms with Gasteiger partial charge in [0.2, 0.25) is 5.91 Å². The second-order valence-electron chi connectivity index (χ2n) is 4.86. The van der Waals surface area contributed by atoms with Crippen molar-refractivity contribution in [2.24, 2.45) is 0 Å². The molecule has 1 aromatic carbocycles. The summed E-state index contributed by atoms with van der Waals surface area (Å²) in [6, 6.07) is 5.37. The number of amides is 1. The Morgan fingerprint density at radius 1 is 1.48 bits per heavy atom. The van der Waals surface area contributed by atoms with Crippen LogP contribution in [0.1, 0.15) is 22.5 Å².